The summed E-state index contributed by atoms with van der Waals surface area (Å²) in [6.45, 7) is 1.80. The highest BCUT2D eigenvalue weighted by atomic mass is 16.3. The first-order chi connectivity index (χ1) is 8.16. The average molecular weight is 226 g/mol. The smallest absolute Gasteiger partial charge is 0.211 e. The van der Waals surface area contributed by atoms with Gasteiger partial charge in [-0.05, 0) is 24.4 Å². The first-order valence-corrected chi connectivity index (χ1v) is 5.42. The van der Waals surface area contributed by atoms with E-state index in [0.717, 1.165) is 16.3 Å². The number of pyridine rings is 2. The van der Waals surface area contributed by atoms with Crippen LogP contribution in [-0.4, -0.2) is 10.2 Å². The second kappa shape index (κ2) is 3.35. The van der Waals surface area contributed by atoms with Crippen LogP contribution in [0.1, 0.15) is 5.56 Å². The van der Waals surface area contributed by atoms with E-state index in [2.05, 4.69) is 0 Å². The lowest BCUT2D eigenvalue weighted by Crippen LogP contribution is -2.19. The molecule has 0 radical (unpaired) electrons. The molecule has 17 heavy (non-hydrogen) atoms. The van der Waals surface area contributed by atoms with Gasteiger partial charge in [-0.2, -0.15) is 4.40 Å². The van der Waals surface area contributed by atoms with E-state index in [1.165, 1.54) is 0 Å². The van der Waals surface area contributed by atoms with Crippen molar-refractivity contribution in [2.24, 2.45) is 0 Å². The van der Waals surface area contributed by atoms with E-state index >= 15 is 0 Å². The highest BCUT2D eigenvalue weighted by Gasteiger charge is 2.12. The number of nitrogens with zero attached hydrogens (tertiary/aromatic N) is 1. The van der Waals surface area contributed by atoms with E-state index < -0.39 is 0 Å². The average Bonchev–Trinajstić information content (AvgIpc) is 2.34. The van der Waals surface area contributed by atoms with E-state index in [1.807, 2.05) is 41.1 Å². The van der Waals surface area contributed by atoms with Crippen LogP contribution in [0.15, 0.2) is 42.7 Å². The fourth-order valence-corrected chi connectivity index (χ4v) is 2.13. The zero-order valence-electron chi connectivity index (χ0n) is 9.38. The Balaban J connectivity index is 2.52. The summed E-state index contributed by atoms with van der Waals surface area (Å²) in [5.41, 5.74) is 1.74. The van der Waals surface area contributed by atoms with Gasteiger partial charge in [-0.3, -0.25) is 0 Å². The molecule has 3 heteroatoms. The van der Waals surface area contributed by atoms with E-state index in [1.54, 1.807) is 13.0 Å². The van der Waals surface area contributed by atoms with Gasteiger partial charge >= 0.3 is 0 Å². The van der Waals surface area contributed by atoms with Crippen molar-refractivity contribution in [3.63, 3.8) is 0 Å². The van der Waals surface area contributed by atoms with Crippen molar-refractivity contribution in [2.45, 2.75) is 6.92 Å². The van der Waals surface area contributed by atoms with Crippen LogP contribution < -0.4 is 4.40 Å². The molecule has 0 atom stereocenters. The minimum absolute atomic E-state index is 0.0478. The third-order valence-corrected chi connectivity index (χ3v) is 3.10. The molecular weight excluding hydrogens is 214 g/mol. The molecule has 0 aliphatic rings. The van der Waals surface area contributed by atoms with Crippen LogP contribution in [0.2, 0.25) is 0 Å². The maximum Gasteiger partial charge on any atom is 0.211 e. The SMILES string of the molecule is Cc1c(O)c(O)cc2cc3cccc[n+]3cc12. The minimum Gasteiger partial charge on any atom is -0.504 e. The minimum atomic E-state index is -0.0738. The molecular formula is C14H12NO2+. The van der Waals surface area contributed by atoms with Gasteiger partial charge in [0.1, 0.15) is 0 Å². The Morgan fingerprint density at radius 1 is 1.12 bits per heavy atom. The molecule has 2 aromatic heterocycles. The zero-order chi connectivity index (χ0) is 12.0. The van der Waals surface area contributed by atoms with Gasteiger partial charge in [0.05, 0.1) is 5.39 Å². The molecule has 0 unspecified atom stereocenters. The Morgan fingerprint density at radius 3 is 2.76 bits per heavy atom. The molecule has 0 spiro atoms. The number of aromatic nitrogens is 1. The first-order valence-electron chi connectivity index (χ1n) is 5.42. The second-order valence-corrected chi connectivity index (χ2v) is 4.18. The highest BCUT2D eigenvalue weighted by molar-refractivity contribution is 5.90. The third kappa shape index (κ3) is 1.40. The topological polar surface area (TPSA) is 44.6 Å². The zero-order valence-corrected chi connectivity index (χ0v) is 9.38. The number of hydrogen-bond donors (Lipinski definition) is 2. The number of hydrogen-bond acceptors (Lipinski definition) is 2. The monoisotopic (exact) mass is 226 g/mol. The quantitative estimate of drug-likeness (QED) is 0.351. The van der Waals surface area contributed by atoms with Crippen molar-refractivity contribution in [3.05, 3.63) is 48.3 Å². The molecule has 3 aromatic rings. The summed E-state index contributed by atoms with van der Waals surface area (Å²) >= 11 is 0. The van der Waals surface area contributed by atoms with Gasteiger partial charge in [-0.15, -0.1) is 0 Å². The molecule has 84 valence electrons. The van der Waals surface area contributed by atoms with Crippen molar-refractivity contribution in [3.8, 4) is 11.5 Å². The molecule has 0 fully saturated rings. The normalized spacial score (nSPS) is 11.1. The first kappa shape index (κ1) is 9.90. The summed E-state index contributed by atoms with van der Waals surface area (Å²) in [5, 5.41) is 21.2. The van der Waals surface area contributed by atoms with Crippen LogP contribution in [0.4, 0.5) is 0 Å². The Labute approximate surface area is 98.2 Å². The second-order valence-electron chi connectivity index (χ2n) is 4.18. The Morgan fingerprint density at radius 2 is 1.94 bits per heavy atom. The molecule has 3 rings (SSSR count). The van der Waals surface area contributed by atoms with Crippen molar-refractivity contribution in [2.75, 3.05) is 0 Å². The van der Waals surface area contributed by atoms with Crippen LogP contribution in [0.3, 0.4) is 0 Å². The Kier molecular flexibility index (Phi) is 1.95. The van der Waals surface area contributed by atoms with Gasteiger partial charge in [0, 0.05) is 23.8 Å². The van der Waals surface area contributed by atoms with Crippen molar-refractivity contribution < 1.29 is 14.6 Å². The lowest BCUT2D eigenvalue weighted by atomic mass is 10.1. The molecule has 0 bridgehead atoms. The number of phenolic OH excluding ortho intramolecular Hbond substituents is 2. The van der Waals surface area contributed by atoms with Crippen LogP contribution in [0.25, 0.3) is 16.3 Å². The largest absolute Gasteiger partial charge is 0.504 e. The molecule has 3 nitrogen and oxygen atoms in total. The molecule has 0 aliphatic carbocycles. The van der Waals surface area contributed by atoms with Crippen molar-refractivity contribution in [1.82, 2.24) is 0 Å². The van der Waals surface area contributed by atoms with Gasteiger partial charge in [-0.1, -0.05) is 0 Å². The van der Waals surface area contributed by atoms with Gasteiger partial charge < -0.3 is 10.2 Å². The van der Waals surface area contributed by atoms with E-state index in [-0.39, 0.29) is 11.5 Å². The van der Waals surface area contributed by atoms with Gasteiger partial charge in [-0.25, -0.2) is 0 Å². The van der Waals surface area contributed by atoms with Crippen molar-refractivity contribution >= 4 is 16.3 Å². The summed E-state index contributed by atoms with van der Waals surface area (Å²) in [6, 6.07) is 9.49. The molecule has 2 heterocycles. The maximum absolute atomic E-state index is 9.72. The van der Waals surface area contributed by atoms with Crippen LogP contribution in [-0.2, 0) is 0 Å². The molecule has 1 aromatic carbocycles. The predicted molar refractivity (Wildman–Crippen MR) is 65.2 cm³/mol. The van der Waals surface area contributed by atoms with Gasteiger partial charge in [0.2, 0.25) is 5.52 Å². The van der Waals surface area contributed by atoms with Crippen LogP contribution in [0, 0.1) is 6.92 Å². The van der Waals surface area contributed by atoms with E-state index in [9.17, 15) is 10.2 Å². The summed E-state index contributed by atoms with van der Waals surface area (Å²) < 4.78 is 1.99. The third-order valence-electron chi connectivity index (χ3n) is 3.10. The maximum atomic E-state index is 9.72. The molecule has 0 aliphatic heterocycles. The Hall–Kier alpha value is -2.29. The lowest BCUT2D eigenvalue weighted by molar-refractivity contribution is -0.510. The number of fused-ring (bicyclic) bond motifs is 2. The number of benzene rings is 1. The summed E-state index contributed by atoms with van der Waals surface area (Å²) in [7, 11) is 0. The fourth-order valence-electron chi connectivity index (χ4n) is 2.13. The lowest BCUT2D eigenvalue weighted by Gasteiger charge is -2.05. The van der Waals surface area contributed by atoms with Crippen LogP contribution >= 0.6 is 0 Å². The molecule has 2 N–H and O–H groups in total. The van der Waals surface area contributed by atoms with E-state index in [4.69, 9.17) is 0 Å². The number of rotatable bonds is 0. The van der Waals surface area contributed by atoms with Gasteiger partial charge in [0.15, 0.2) is 23.9 Å². The standard InChI is InChI=1S/C14H11NO2/c1-9-12-8-15-5-3-2-4-11(15)6-10(12)7-13(16)14(9)17/h2-8,17H,1H3/p+1. The van der Waals surface area contributed by atoms with E-state index in [0.29, 0.717) is 5.56 Å². The number of aromatic hydroxyl groups is 2. The highest BCUT2D eigenvalue weighted by Crippen LogP contribution is 2.34. The van der Waals surface area contributed by atoms with Gasteiger partial charge in [0.25, 0.3) is 0 Å². The Bertz CT molecular complexity index is 735. The summed E-state index contributed by atoms with van der Waals surface area (Å²) in [6.07, 6.45) is 3.91. The summed E-state index contributed by atoms with van der Waals surface area (Å²) in [5.74, 6) is -0.122. The number of phenols is 2. The molecule has 0 saturated heterocycles. The summed E-state index contributed by atoms with van der Waals surface area (Å²) in [4.78, 5) is 0. The van der Waals surface area contributed by atoms with Crippen LogP contribution in [0.5, 0.6) is 11.5 Å². The molecule has 0 saturated carbocycles. The number of aryl methyl sites for hydroxylation is 1. The fraction of sp³-hybridized carbons (Fsp3) is 0.0714. The van der Waals surface area contributed by atoms with Crippen molar-refractivity contribution in [1.29, 1.82) is 0 Å². The molecule has 0 amide bonds. The predicted octanol–water partition coefficient (Wildman–Crippen LogP) is 2.30.